The Morgan fingerprint density at radius 1 is 1.53 bits per heavy atom. The third kappa shape index (κ3) is 2.06. The zero-order chi connectivity index (χ0) is 11.0. The van der Waals surface area contributed by atoms with Gasteiger partial charge in [-0.05, 0) is 19.8 Å². The molecule has 0 aromatic carbocycles. The van der Waals surface area contributed by atoms with E-state index in [0.717, 1.165) is 12.8 Å². The van der Waals surface area contributed by atoms with Crippen LogP contribution in [0, 0.1) is 6.92 Å². The summed E-state index contributed by atoms with van der Waals surface area (Å²) in [6.45, 7) is 1.78. The van der Waals surface area contributed by atoms with Crippen LogP contribution in [-0.4, -0.2) is 34.1 Å². The summed E-state index contributed by atoms with van der Waals surface area (Å²) in [5.41, 5.74) is 0.685. The van der Waals surface area contributed by atoms with Gasteiger partial charge in [-0.25, -0.2) is 14.8 Å². The van der Waals surface area contributed by atoms with Crippen LogP contribution in [0.15, 0.2) is 6.07 Å². The SMILES string of the molecule is Cc1cc(N(C)C2CC2)nc(C(=O)O)n1. The molecule has 0 amide bonds. The number of nitrogens with zero attached hydrogens (tertiary/aromatic N) is 3. The summed E-state index contributed by atoms with van der Waals surface area (Å²) in [7, 11) is 1.94. The first-order valence-electron chi connectivity index (χ1n) is 4.90. The maximum Gasteiger partial charge on any atom is 0.374 e. The topological polar surface area (TPSA) is 66.3 Å². The van der Waals surface area contributed by atoms with Crippen molar-refractivity contribution in [3.05, 3.63) is 17.6 Å². The number of carboxylic acid groups (broad SMARTS) is 1. The molecule has 5 nitrogen and oxygen atoms in total. The number of rotatable bonds is 3. The Bertz CT molecular complexity index is 402. The molecule has 0 spiro atoms. The summed E-state index contributed by atoms with van der Waals surface area (Å²) in [5.74, 6) is -0.510. The highest BCUT2D eigenvalue weighted by Crippen LogP contribution is 2.29. The largest absolute Gasteiger partial charge is 0.475 e. The smallest absolute Gasteiger partial charge is 0.374 e. The molecule has 0 radical (unpaired) electrons. The van der Waals surface area contributed by atoms with Gasteiger partial charge >= 0.3 is 5.97 Å². The number of hydrogen-bond donors (Lipinski definition) is 1. The predicted molar refractivity (Wildman–Crippen MR) is 55.2 cm³/mol. The van der Waals surface area contributed by atoms with Crippen molar-refractivity contribution in [2.75, 3.05) is 11.9 Å². The first-order chi connectivity index (χ1) is 7.08. The molecule has 2 rings (SSSR count). The minimum atomic E-state index is -1.08. The fourth-order valence-electron chi connectivity index (χ4n) is 1.48. The first kappa shape index (κ1) is 9.89. The van der Waals surface area contributed by atoms with Crippen LogP contribution in [0.3, 0.4) is 0 Å². The van der Waals surface area contributed by atoms with Crippen LogP contribution >= 0.6 is 0 Å². The van der Waals surface area contributed by atoms with Crippen molar-refractivity contribution in [2.45, 2.75) is 25.8 Å². The Morgan fingerprint density at radius 2 is 2.20 bits per heavy atom. The number of aromatic nitrogens is 2. The van der Waals surface area contributed by atoms with Gasteiger partial charge < -0.3 is 10.0 Å². The molecule has 0 aliphatic heterocycles. The average Bonchev–Trinajstić information content (AvgIpc) is 2.98. The molecule has 0 saturated heterocycles. The maximum atomic E-state index is 10.8. The van der Waals surface area contributed by atoms with Gasteiger partial charge in [0.15, 0.2) is 0 Å². The average molecular weight is 207 g/mol. The summed E-state index contributed by atoms with van der Waals surface area (Å²) < 4.78 is 0. The summed E-state index contributed by atoms with van der Waals surface area (Å²) in [6.07, 6.45) is 2.31. The zero-order valence-corrected chi connectivity index (χ0v) is 8.77. The molecule has 0 unspecified atom stereocenters. The van der Waals surface area contributed by atoms with Gasteiger partial charge in [-0.3, -0.25) is 0 Å². The molecule has 15 heavy (non-hydrogen) atoms. The molecule has 0 atom stereocenters. The van der Waals surface area contributed by atoms with E-state index in [9.17, 15) is 4.79 Å². The second kappa shape index (κ2) is 3.49. The third-order valence-corrected chi connectivity index (χ3v) is 2.49. The van der Waals surface area contributed by atoms with Crippen LogP contribution in [0.2, 0.25) is 0 Å². The third-order valence-electron chi connectivity index (χ3n) is 2.49. The van der Waals surface area contributed by atoms with Crippen LogP contribution in [0.4, 0.5) is 5.82 Å². The van der Waals surface area contributed by atoms with Crippen molar-refractivity contribution in [1.82, 2.24) is 9.97 Å². The van der Waals surface area contributed by atoms with Crippen molar-refractivity contribution in [3.63, 3.8) is 0 Å². The molecule has 1 aromatic rings. The monoisotopic (exact) mass is 207 g/mol. The van der Waals surface area contributed by atoms with Gasteiger partial charge in [-0.2, -0.15) is 0 Å². The van der Waals surface area contributed by atoms with Crippen LogP contribution in [-0.2, 0) is 0 Å². The lowest BCUT2D eigenvalue weighted by molar-refractivity contribution is 0.0683. The lowest BCUT2D eigenvalue weighted by Crippen LogP contribution is -2.22. The Balaban J connectivity index is 2.33. The lowest BCUT2D eigenvalue weighted by atomic mass is 10.4. The van der Waals surface area contributed by atoms with Gasteiger partial charge in [0.1, 0.15) is 5.82 Å². The quantitative estimate of drug-likeness (QED) is 0.803. The maximum absolute atomic E-state index is 10.8. The zero-order valence-electron chi connectivity index (χ0n) is 8.77. The van der Waals surface area contributed by atoms with E-state index >= 15 is 0 Å². The van der Waals surface area contributed by atoms with E-state index in [1.165, 1.54) is 0 Å². The number of carbonyl (C=O) groups is 1. The first-order valence-corrected chi connectivity index (χ1v) is 4.90. The van der Waals surface area contributed by atoms with Crippen LogP contribution < -0.4 is 4.90 Å². The van der Waals surface area contributed by atoms with Crippen LogP contribution in [0.25, 0.3) is 0 Å². The van der Waals surface area contributed by atoms with Crippen molar-refractivity contribution >= 4 is 11.8 Å². The normalized spacial score (nSPS) is 15.1. The van der Waals surface area contributed by atoms with E-state index in [-0.39, 0.29) is 5.82 Å². The number of hydrogen-bond acceptors (Lipinski definition) is 4. The Hall–Kier alpha value is -1.65. The second-order valence-electron chi connectivity index (χ2n) is 3.84. The van der Waals surface area contributed by atoms with E-state index < -0.39 is 5.97 Å². The van der Waals surface area contributed by atoms with Gasteiger partial charge in [0.2, 0.25) is 5.82 Å². The van der Waals surface area contributed by atoms with Crippen molar-refractivity contribution in [3.8, 4) is 0 Å². The van der Waals surface area contributed by atoms with E-state index in [2.05, 4.69) is 9.97 Å². The van der Waals surface area contributed by atoms with Gasteiger partial charge in [0, 0.05) is 24.8 Å². The predicted octanol–water partition coefficient (Wildman–Crippen LogP) is 1.08. The van der Waals surface area contributed by atoms with E-state index in [1.807, 2.05) is 18.0 Å². The number of aryl methyl sites for hydroxylation is 1. The lowest BCUT2D eigenvalue weighted by Gasteiger charge is -2.17. The fourth-order valence-corrected chi connectivity index (χ4v) is 1.48. The molecule has 1 saturated carbocycles. The van der Waals surface area contributed by atoms with Crippen LogP contribution in [0.1, 0.15) is 29.2 Å². The second-order valence-corrected chi connectivity index (χ2v) is 3.84. The summed E-state index contributed by atoms with van der Waals surface area (Å²) in [4.78, 5) is 20.7. The van der Waals surface area contributed by atoms with Crippen molar-refractivity contribution in [1.29, 1.82) is 0 Å². The van der Waals surface area contributed by atoms with Gasteiger partial charge in [-0.1, -0.05) is 0 Å². The minimum Gasteiger partial charge on any atom is -0.475 e. The highest BCUT2D eigenvalue weighted by atomic mass is 16.4. The summed E-state index contributed by atoms with van der Waals surface area (Å²) in [5, 5.41) is 8.83. The van der Waals surface area contributed by atoms with Gasteiger partial charge in [-0.15, -0.1) is 0 Å². The van der Waals surface area contributed by atoms with Crippen molar-refractivity contribution in [2.24, 2.45) is 0 Å². The molecular weight excluding hydrogens is 194 g/mol. The molecule has 1 aliphatic carbocycles. The summed E-state index contributed by atoms with van der Waals surface area (Å²) >= 11 is 0. The molecule has 80 valence electrons. The van der Waals surface area contributed by atoms with Crippen molar-refractivity contribution < 1.29 is 9.90 Å². The molecule has 1 aromatic heterocycles. The molecule has 1 aliphatic rings. The Labute approximate surface area is 87.8 Å². The minimum absolute atomic E-state index is 0.127. The number of anilines is 1. The molecular formula is C10H13N3O2. The number of aromatic carboxylic acids is 1. The molecule has 5 heteroatoms. The van der Waals surface area contributed by atoms with E-state index in [1.54, 1.807) is 6.92 Å². The Kier molecular flexibility index (Phi) is 2.30. The number of carboxylic acids is 1. The Morgan fingerprint density at radius 3 is 2.73 bits per heavy atom. The highest BCUT2D eigenvalue weighted by Gasteiger charge is 2.27. The van der Waals surface area contributed by atoms with E-state index in [0.29, 0.717) is 17.6 Å². The summed E-state index contributed by atoms with van der Waals surface area (Å²) in [6, 6.07) is 2.33. The van der Waals surface area contributed by atoms with E-state index in [4.69, 9.17) is 5.11 Å². The van der Waals surface area contributed by atoms with Crippen LogP contribution in [0.5, 0.6) is 0 Å². The van der Waals surface area contributed by atoms with Gasteiger partial charge in [0.25, 0.3) is 0 Å². The standard InChI is InChI=1S/C10H13N3O2/c1-6-5-8(13(2)7-3-4-7)12-9(11-6)10(14)15/h5,7H,3-4H2,1-2H3,(H,14,15). The molecule has 0 bridgehead atoms. The fraction of sp³-hybridized carbons (Fsp3) is 0.500. The molecule has 1 N–H and O–H groups in total. The highest BCUT2D eigenvalue weighted by molar-refractivity contribution is 5.83. The van der Waals surface area contributed by atoms with Gasteiger partial charge in [0.05, 0.1) is 0 Å². The molecule has 1 fully saturated rings. The molecule has 1 heterocycles.